The van der Waals surface area contributed by atoms with Crippen LogP contribution in [-0.4, -0.2) is 47.1 Å². The predicted octanol–water partition coefficient (Wildman–Crippen LogP) is 3.36. The Morgan fingerprint density at radius 1 is 1.22 bits per heavy atom. The number of halogens is 1. The number of carbonyl (C=O) groups is 2. The molecule has 3 rings (SSSR count). The van der Waals surface area contributed by atoms with E-state index in [-0.39, 0.29) is 30.6 Å². The minimum atomic E-state index is -0.602. The van der Waals surface area contributed by atoms with Crippen LogP contribution >= 0.6 is 0 Å². The van der Waals surface area contributed by atoms with E-state index in [1.165, 1.54) is 17.9 Å². The lowest BCUT2D eigenvalue weighted by Crippen LogP contribution is -2.45. The average molecular weight is 447 g/mol. The quantitative estimate of drug-likeness (QED) is 0.593. The summed E-state index contributed by atoms with van der Waals surface area (Å²) in [5.41, 5.74) is -0.602. The maximum Gasteiger partial charge on any atom is 0.227 e. The molecule has 1 heterocycles. The second kappa shape index (κ2) is 11.1. The molecule has 0 spiro atoms. The largest absolute Gasteiger partial charge is 0.489 e. The number of amides is 2. The van der Waals surface area contributed by atoms with Crippen LogP contribution in [0.3, 0.4) is 0 Å². The fraction of sp³-hybridized carbons (Fsp3) is 0.565. The summed E-state index contributed by atoms with van der Waals surface area (Å²) in [6, 6.07) is 6.16. The summed E-state index contributed by atoms with van der Waals surface area (Å²) in [6.45, 7) is 2.01. The third-order valence-corrected chi connectivity index (χ3v) is 5.77. The summed E-state index contributed by atoms with van der Waals surface area (Å²) in [5.74, 6) is 0.375. The van der Waals surface area contributed by atoms with E-state index in [0.29, 0.717) is 24.7 Å². The molecule has 0 unspecified atom stereocenters. The lowest BCUT2D eigenvalue weighted by atomic mass is 9.89. The highest BCUT2D eigenvalue weighted by Gasteiger charge is 2.38. The van der Waals surface area contributed by atoms with Crippen LogP contribution in [0.5, 0.6) is 5.75 Å². The Morgan fingerprint density at radius 3 is 2.62 bits per heavy atom. The van der Waals surface area contributed by atoms with Gasteiger partial charge in [0.2, 0.25) is 17.7 Å². The Labute approximate surface area is 187 Å². The molecule has 0 saturated heterocycles. The van der Waals surface area contributed by atoms with Crippen molar-refractivity contribution in [3.05, 3.63) is 41.8 Å². The molecule has 1 aromatic heterocycles. The van der Waals surface area contributed by atoms with Crippen LogP contribution in [0.2, 0.25) is 0 Å². The van der Waals surface area contributed by atoms with Crippen molar-refractivity contribution in [2.24, 2.45) is 0 Å². The highest BCUT2D eigenvalue weighted by atomic mass is 19.1. The number of benzene rings is 1. The van der Waals surface area contributed by atoms with Crippen molar-refractivity contribution in [1.82, 2.24) is 20.4 Å². The summed E-state index contributed by atoms with van der Waals surface area (Å²) in [7, 11) is 1.67. The standard InChI is InChI=1S/C23H31FN4O4/c1-17(29)26-23(13-7-3-4-8-14-23)22-25-20(32-27-22)11-12-21(30)28(2)15-16-31-19-10-6-5-9-18(19)24/h5-6,9-10H,3-4,7-8,11-16H2,1-2H3,(H,26,29). The number of hydrogen-bond acceptors (Lipinski definition) is 6. The average Bonchev–Trinajstić information content (AvgIpc) is 3.13. The highest BCUT2D eigenvalue weighted by Crippen LogP contribution is 2.34. The summed E-state index contributed by atoms with van der Waals surface area (Å²) in [4.78, 5) is 30.3. The lowest BCUT2D eigenvalue weighted by molar-refractivity contribution is -0.130. The van der Waals surface area contributed by atoms with Gasteiger partial charge >= 0.3 is 0 Å². The third-order valence-electron chi connectivity index (χ3n) is 5.77. The van der Waals surface area contributed by atoms with Gasteiger partial charge in [0.05, 0.1) is 6.54 Å². The zero-order valence-electron chi connectivity index (χ0n) is 18.7. The Balaban J connectivity index is 1.51. The summed E-state index contributed by atoms with van der Waals surface area (Å²) < 4.78 is 24.4. The van der Waals surface area contributed by atoms with Gasteiger partial charge in [0.1, 0.15) is 12.1 Å². The van der Waals surface area contributed by atoms with E-state index in [4.69, 9.17) is 9.26 Å². The van der Waals surface area contributed by atoms with Crippen molar-refractivity contribution in [2.45, 2.75) is 63.8 Å². The molecule has 2 aromatic rings. The number of nitrogens with zero attached hydrogens (tertiary/aromatic N) is 3. The van der Waals surface area contributed by atoms with Crippen LogP contribution in [0.15, 0.2) is 28.8 Å². The predicted molar refractivity (Wildman–Crippen MR) is 115 cm³/mol. The number of aryl methyl sites for hydroxylation is 1. The first kappa shape index (κ1) is 23.7. The zero-order valence-corrected chi connectivity index (χ0v) is 18.7. The fourth-order valence-corrected chi connectivity index (χ4v) is 4.01. The van der Waals surface area contributed by atoms with Crippen LogP contribution in [0.4, 0.5) is 4.39 Å². The summed E-state index contributed by atoms with van der Waals surface area (Å²) in [5, 5.41) is 7.19. The number of carbonyl (C=O) groups excluding carboxylic acids is 2. The first-order chi connectivity index (χ1) is 15.4. The fourth-order valence-electron chi connectivity index (χ4n) is 4.01. The molecule has 9 heteroatoms. The first-order valence-electron chi connectivity index (χ1n) is 11.1. The van der Waals surface area contributed by atoms with Crippen molar-refractivity contribution in [3.8, 4) is 5.75 Å². The molecule has 1 saturated carbocycles. The van der Waals surface area contributed by atoms with Gasteiger partial charge in [-0.3, -0.25) is 9.59 Å². The van der Waals surface area contributed by atoms with Gasteiger partial charge in [-0.05, 0) is 25.0 Å². The van der Waals surface area contributed by atoms with E-state index in [2.05, 4.69) is 15.5 Å². The Morgan fingerprint density at radius 2 is 1.94 bits per heavy atom. The minimum Gasteiger partial charge on any atom is -0.489 e. The van der Waals surface area contributed by atoms with Crippen LogP contribution in [-0.2, 0) is 21.5 Å². The van der Waals surface area contributed by atoms with Crippen LogP contribution in [0.1, 0.15) is 63.6 Å². The van der Waals surface area contributed by atoms with Gasteiger partial charge in [-0.1, -0.05) is 43.0 Å². The first-order valence-corrected chi connectivity index (χ1v) is 11.1. The van der Waals surface area contributed by atoms with E-state index in [1.807, 2.05) is 0 Å². The minimum absolute atomic E-state index is 0.104. The molecule has 32 heavy (non-hydrogen) atoms. The molecule has 1 aliphatic rings. The molecule has 0 radical (unpaired) electrons. The SMILES string of the molecule is CC(=O)NC1(c2noc(CCC(=O)N(C)CCOc3ccccc3F)n2)CCCCCC1. The maximum absolute atomic E-state index is 13.6. The second-order valence-corrected chi connectivity index (χ2v) is 8.28. The highest BCUT2D eigenvalue weighted by molar-refractivity contribution is 5.76. The van der Waals surface area contributed by atoms with Gasteiger partial charge in [0.25, 0.3) is 0 Å². The number of ether oxygens (including phenoxy) is 1. The number of rotatable bonds is 9. The Hall–Kier alpha value is -2.97. The number of likely N-dealkylation sites (N-methyl/N-ethyl adjacent to an activating group) is 1. The van der Waals surface area contributed by atoms with Crippen molar-refractivity contribution in [3.63, 3.8) is 0 Å². The molecule has 174 valence electrons. The van der Waals surface area contributed by atoms with Crippen LogP contribution < -0.4 is 10.1 Å². The Kier molecular flexibility index (Phi) is 8.19. The van der Waals surface area contributed by atoms with E-state index in [9.17, 15) is 14.0 Å². The van der Waals surface area contributed by atoms with E-state index in [0.717, 1.165) is 38.5 Å². The molecule has 0 bridgehead atoms. The maximum atomic E-state index is 13.6. The van der Waals surface area contributed by atoms with Crippen molar-refractivity contribution < 1.29 is 23.2 Å². The molecule has 1 N–H and O–H groups in total. The topological polar surface area (TPSA) is 97.6 Å². The lowest BCUT2D eigenvalue weighted by Gasteiger charge is -2.30. The molecule has 2 amide bonds. The van der Waals surface area contributed by atoms with Gasteiger partial charge in [-0.15, -0.1) is 0 Å². The summed E-state index contributed by atoms with van der Waals surface area (Å²) in [6.07, 6.45) is 6.27. The molecule has 0 aliphatic heterocycles. The molecule has 1 fully saturated rings. The molecule has 8 nitrogen and oxygen atoms in total. The molecule has 1 aromatic carbocycles. The monoisotopic (exact) mass is 446 g/mol. The summed E-state index contributed by atoms with van der Waals surface area (Å²) >= 11 is 0. The number of aromatic nitrogens is 2. The molecular formula is C23H31FN4O4. The van der Waals surface area contributed by atoms with E-state index >= 15 is 0 Å². The second-order valence-electron chi connectivity index (χ2n) is 8.28. The van der Waals surface area contributed by atoms with Crippen LogP contribution in [0.25, 0.3) is 0 Å². The molecule has 0 atom stereocenters. The van der Waals surface area contributed by atoms with Gasteiger partial charge in [0, 0.05) is 26.8 Å². The number of hydrogen-bond donors (Lipinski definition) is 1. The smallest absolute Gasteiger partial charge is 0.227 e. The van der Waals surface area contributed by atoms with Gasteiger partial charge in [-0.25, -0.2) is 4.39 Å². The van der Waals surface area contributed by atoms with Crippen molar-refractivity contribution in [2.75, 3.05) is 20.2 Å². The number of nitrogens with one attached hydrogen (secondary N) is 1. The third kappa shape index (κ3) is 6.27. The van der Waals surface area contributed by atoms with Crippen LogP contribution in [0, 0.1) is 5.82 Å². The van der Waals surface area contributed by atoms with E-state index in [1.54, 1.807) is 25.2 Å². The number of para-hydroxylation sites is 1. The van der Waals surface area contributed by atoms with Crippen molar-refractivity contribution in [1.29, 1.82) is 0 Å². The molecular weight excluding hydrogens is 415 g/mol. The Bertz CT molecular complexity index is 909. The zero-order chi connectivity index (χ0) is 23.0. The van der Waals surface area contributed by atoms with Crippen molar-refractivity contribution >= 4 is 11.8 Å². The normalized spacial score (nSPS) is 15.6. The van der Waals surface area contributed by atoms with E-state index < -0.39 is 11.4 Å². The van der Waals surface area contributed by atoms with Gasteiger partial charge in [-0.2, -0.15) is 4.98 Å². The van der Waals surface area contributed by atoms with Gasteiger partial charge < -0.3 is 19.5 Å². The van der Waals surface area contributed by atoms with Gasteiger partial charge in [0.15, 0.2) is 17.4 Å². The molecule has 1 aliphatic carbocycles.